The van der Waals surface area contributed by atoms with Gasteiger partial charge in [0.25, 0.3) is 0 Å². The molecule has 1 heterocycles. The van der Waals surface area contributed by atoms with E-state index in [-0.39, 0.29) is 17.9 Å². The van der Waals surface area contributed by atoms with E-state index < -0.39 is 0 Å². The number of amides is 1. The molecule has 0 saturated heterocycles. The largest absolute Gasteiger partial charge is 0.331 e. The van der Waals surface area contributed by atoms with Crippen molar-refractivity contribution in [3.05, 3.63) is 88.1 Å². The average molecular weight is 368 g/mol. The molecule has 4 nitrogen and oxygen atoms in total. The van der Waals surface area contributed by atoms with E-state index in [0.29, 0.717) is 10.8 Å². The van der Waals surface area contributed by atoms with E-state index in [4.69, 9.17) is 0 Å². The van der Waals surface area contributed by atoms with Gasteiger partial charge in [-0.2, -0.15) is 0 Å². The Hall–Kier alpha value is -3.40. The third kappa shape index (κ3) is 2.78. The molecule has 1 aliphatic rings. The standard InChI is InChI=1S/C24H20N2O2/c27-23(25-18-13-12-16-6-5-7-17(16)14-18)15-26-21-10-3-1-8-19(21)24(28)20-9-2-4-11-22(20)26/h1-4,8-14H,5-7,15H2,(H,25,27). The summed E-state index contributed by atoms with van der Waals surface area (Å²) in [4.78, 5) is 25.7. The van der Waals surface area contributed by atoms with Crippen LogP contribution in [0.1, 0.15) is 17.5 Å². The van der Waals surface area contributed by atoms with E-state index >= 15 is 0 Å². The van der Waals surface area contributed by atoms with Crippen molar-refractivity contribution in [1.82, 2.24) is 4.57 Å². The molecular formula is C24H20N2O2. The molecule has 0 atom stereocenters. The average Bonchev–Trinajstić information content (AvgIpc) is 3.19. The van der Waals surface area contributed by atoms with Gasteiger partial charge in [0, 0.05) is 16.5 Å². The molecule has 0 unspecified atom stereocenters. The quantitative estimate of drug-likeness (QED) is 0.549. The minimum absolute atomic E-state index is 0.00137. The first-order valence-corrected chi connectivity index (χ1v) is 9.63. The maximum Gasteiger partial charge on any atom is 0.244 e. The predicted octanol–water partition coefficient (Wildman–Crippen LogP) is 4.28. The van der Waals surface area contributed by atoms with Crippen LogP contribution < -0.4 is 10.7 Å². The van der Waals surface area contributed by atoms with Crippen LogP contribution in [-0.2, 0) is 24.2 Å². The Morgan fingerprint density at radius 1 is 0.857 bits per heavy atom. The van der Waals surface area contributed by atoms with Crippen LogP contribution in [0.4, 0.5) is 5.69 Å². The topological polar surface area (TPSA) is 51.1 Å². The predicted molar refractivity (Wildman–Crippen MR) is 113 cm³/mol. The number of hydrogen-bond donors (Lipinski definition) is 1. The van der Waals surface area contributed by atoms with Crippen molar-refractivity contribution in [1.29, 1.82) is 0 Å². The first-order chi connectivity index (χ1) is 13.7. The molecule has 0 aliphatic heterocycles. The molecule has 28 heavy (non-hydrogen) atoms. The number of rotatable bonds is 3. The van der Waals surface area contributed by atoms with E-state index in [9.17, 15) is 9.59 Å². The van der Waals surface area contributed by atoms with Crippen LogP contribution in [0.15, 0.2) is 71.5 Å². The van der Waals surface area contributed by atoms with E-state index in [1.807, 2.05) is 59.2 Å². The molecule has 1 N–H and O–H groups in total. The number of aryl methyl sites for hydroxylation is 2. The van der Waals surface area contributed by atoms with Crippen molar-refractivity contribution in [2.45, 2.75) is 25.8 Å². The second kappa shape index (κ2) is 6.64. The van der Waals surface area contributed by atoms with Crippen LogP contribution in [0.2, 0.25) is 0 Å². The highest BCUT2D eigenvalue weighted by Crippen LogP contribution is 2.25. The van der Waals surface area contributed by atoms with Crippen LogP contribution in [-0.4, -0.2) is 10.5 Å². The number of anilines is 1. The van der Waals surface area contributed by atoms with Gasteiger partial charge in [0.2, 0.25) is 5.91 Å². The van der Waals surface area contributed by atoms with Gasteiger partial charge in [0.05, 0.1) is 11.0 Å². The summed E-state index contributed by atoms with van der Waals surface area (Å²) in [5.74, 6) is -0.100. The Bertz CT molecular complexity index is 1230. The highest BCUT2D eigenvalue weighted by molar-refractivity contribution is 5.97. The monoisotopic (exact) mass is 368 g/mol. The second-order valence-corrected chi connectivity index (χ2v) is 7.33. The highest BCUT2D eigenvalue weighted by Gasteiger charge is 2.14. The third-order valence-electron chi connectivity index (χ3n) is 5.56. The van der Waals surface area contributed by atoms with Crippen LogP contribution in [0, 0.1) is 0 Å². The van der Waals surface area contributed by atoms with Crippen LogP contribution in [0.3, 0.4) is 0 Å². The molecule has 3 aromatic carbocycles. The SMILES string of the molecule is O=C(Cn1c2ccccc2c(=O)c2ccccc21)Nc1ccc2c(c1)CCC2. The smallest absolute Gasteiger partial charge is 0.244 e. The maximum atomic E-state index is 12.8. The highest BCUT2D eigenvalue weighted by atomic mass is 16.2. The summed E-state index contributed by atoms with van der Waals surface area (Å²) in [5.41, 5.74) is 5.10. The molecule has 4 aromatic rings. The molecule has 138 valence electrons. The number of fused-ring (bicyclic) bond motifs is 3. The summed E-state index contributed by atoms with van der Waals surface area (Å²) in [6.07, 6.45) is 3.38. The fourth-order valence-corrected chi connectivity index (χ4v) is 4.24. The zero-order chi connectivity index (χ0) is 19.1. The number of nitrogens with one attached hydrogen (secondary N) is 1. The Labute approximate surface area is 162 Å². The van der Waals surface area contributed by atoms with Gasteiger partial charge < -0.3 is 9.88 Å². The van der Waals surface area contributed by atoms with Crippen molar-refractivity contribution in [3.8, 4) is 0 Å². The van der Waals surface area contributed by atoms with Gasteiger partial charge in [0.1, 0.15) is 6.54 Å². The first kappa shape index (κ1) is 16.8. The number of carbonyl (C=O) groups excluding carboxylic acids is 1. The normalized spacial score (nSPS) is 13.0. The zero-order valence-electron chi connectivity index (χ0n) is 15.4. The van der Waals surface area contributed by atoms with E-state index in [2.05, 4.69) is 17.4 Å². The summed E-state index contributed by atoms with van der Waals surface area (Å²) < 4.78 is 1.93. The minimum Gasteiger partial charge on any atom is -0.331 e. The second-order valence-electron chi connectivity index (χ2n) is 7.33. The van der Waals surface area contributed by atoms with Crippen LogP contribution >= 0.6 is 0 Å². The molecule has 1 aromatic heterocycles. The molecule has 0 radical (unpaired) electrons. The number of para-hydroxylation sites is 2. The number of aromatic nitrogens is 1. The molecule has 1 amide bonds. The van der Waals surface area contributed by atoms with Gasteiger partial charge in [-0.15, -0.1) is 0 Å². The maximum absolute atomic E-state index is 12.8. The summed E-state index contributed by atoms with van der Waals surface area (Å²) in [7, 11) is 0. The summed E-state index contributed by atoms with van der Waals surface area (Å²) in [6.45, 7) is 0.151. The molecule has 0 fully saturated rings. The van der Waals surface area contributed by atoms with E-state index in [1.165, 1.54) is 17.5 Å². The summed E-state index contributed by atoms with van der Waals surface area (Å²) in [6, 6.07) is 21.1. The van der Waals surface area contributed by atoms with Gasteiger partial charge in [-0.25, -0.2) is 0 Å². The van der Waals surface area contributed by atoms with E-state index in [0.717, 1.165) is 29.6 Å². The molecule has 0 bridgehead atoms. The first-order valence-electron chi connectivity index (χ1n) is 9.63. The number of benzene rings is 3. The van der Waals surface area contributed by atoms with Gasteiger partial charge in [-0.3, -0.25) is 9.59 Å². The third-order valence-corrected chi connectivity index (χ3v) is 5.56. The van der Waals surface area contributed by atoms with Crippen molar-refractivity contribution >= 4 is 33.4 Å². The number of pyridine rings is 1. The Morgan fingerprint density at radius 2 is 1.50 bits per heavy atom. The molecule has 5 rings (SSSR count). The molecule has 0 spiro atoms. The number of hydrogen-bond acceptors (Lipinski definition) is 2. The minimum atomic E-state index is -0.100. The molecule has 4 heteroatoms. The van der Waals surface area contributed by atoms with Crippen molar-refractivity contribution in [2.75, 3.05) is 5.32 Å². The Balaban J connectivity index is 1.54. The van der Waals surface area contributed by atoms with Crippen molar-refractivity contribution < 1.29 is 4.79 Å². The Kier molecular flexibility index (Phi) is 3.97. The van der Waals surface area contributed by atoms with Gasteiger partial charge in [0.15, 0.2) is 5.43 Å². The van der Waals surface area contributed by atoms with Crippen molar-refractivity contribution in [2.24, 2.45) is 0 Å². The molecule has 1 aliphatic carbocycles. The van der Waals surface area contributed by atoms with Crippen molar-refractivity contribution in [3.63, 3.8) is 0 Å². The van der Waals surface area contributed by atoms with Crippen LogP contribution in [0.25, 0.3) is 21.8 Å². The number of nitrogens with zero attached hydrogens (tertiary/aromatic N) is 1. The Morgan fingerprint density at radius 3 is 2.21 bits per heavy atom. The lowest BCUT2D eigenvalue weighted by Gasteiger charge is -2.15. The van der Waals surface area contributed by atoms with Gasteiger partial charge >= 0.3 is 0 Å². The number of carbonyl (C=O) groups is 1. The zero-order valence-corrected chi connectivity index (χ0v) is 15.4. The lowest BCUT2D eigenvalue weighted by atomic mass is 10.1. The van der Waals surface area contributed by atoms with E-state index in [1.54, 1.807) is 0 Å². The molecule has 0 saturated carbocycles. The lowest BCUT2D eigenvalue weighted by molar-refractivity contribution is -0.116. The fraction of sp³-hybridized carbons (Fsp3) is 0.167. The van der Waals surface area contributed by atoms with Gasteiger partial charge in [-0.1, -0.05) is 30.3 Å². The molecular weight excluding hydrogens is 348 g/mol. The van der Waals surface area contributed by atoms with Crippen LogP contribution in [0.5, 0.6) is 0 Å². The summed E-state index contributed by atoms with van der Waals surface area (Å²) >= 11 is 0. The fourth-order valence-electron chi connectivity index (χ4n) is 4.24. The summed E-state index contributed by atoms with van der Waals surface area (Å²) in [5, 5.41) is 4.29. The van der Waals surface area contributed by atoms with Gasteiger partial charge in [-0.05, 0) is 66.8 Å². The lowest BCUT2D eigenvalue weighted by Crippen LogP contribution is -2.21.